The van der Waals surface area contributed by atoms with E-state index in [1.54, 1.807) is 16.9 Å². The second kappa shape index (κ2) is 4.31. The molecule has 0 spiro atoms. The monoisotopic (exact) mass is 269 g/mol. The zero-order valence-corrected chi connectivity index (χ0v) is 10.9. The van der Waals surface area contributed by atoms with Crippen LogP contribution in [-0.2, 0) is 6.42 Å². The van der Waals surface area contributed by atoms with Gasteiger partial charge in [-0.2, -0.15) is 14.7 Å². The minimum atomic E-state index is 0.618. The van der Waals surface area contributed by atoms with Crippen molar-refractivity contribution in [3.8, 4) is 11.1 Å². The van der Waals surface area contributed by atoms with Crippen molar-refractivity contribution in [1.29, 1.82) is 0 Å². The maximum atomic E-state index is 6.08. The fourth-order valence-electron chi connectivity index (χ4n) is 2.53. The summed E-state index contributed by atoms with van der Waals surface area (Å²) >= 11 is 0. The highest BCUT2D eigenvalue weighted by Crippen LogP contribution is 2.24. The molecule has 4 N–H and O–H groups in total. The van der Waals surface area contributed by atoms with E-state index in [-0.39, 0.29) is 0 Å². The molecule has 4 heterocycles. The van der Waals surface area contributed by atoms with Crippen LogP contribution in [0.1, 0.15) is 5.69 Å². The predicted octanol–water partition coefficient (Wildman–Crippen LogP) is 0.463. The number of hydrogen-bond donors (Lipinski definition) is 3. The maximum Gasteiger partial charge on any atom is 0.165 e. The normalized spacial score (nSPS) is 15.6. The lowest BCUT2D eigenvalue weighted by Crippen LogP contribution is -2.43. The Morgan fingerprint density at radius 2 is 2.25 bits per heavy atom. The first kappa shape index (κ1) is 11.4. The Labute approximate surface area is 115 Å². The third-order valence-corrected chi connectivity index (χ3v) is 3.73. The number of nitrogens with zero attached hydrogens (tertiary/aromatic N) is 4. The molecule has 3 aromatic heterocycles. The van der Waals surface area contributed by atoms with E-state index in [0.29, 0.717) is 11.7 Å². The van der Waals surface area contributed by atoms with Crippen LogP contribution in [0.15, 0.2) is 24.7 Å². The van der Waals surface area contributed by atoms with Crippen LogP contribution < -0.4 is 11.1 Å². The number of fused-ring (bicyclic) bond motifs is 1. The van der Waals surface area contributed by atoms with E-state index in [1.807, 2.05) is 12.3 Å². The molecule has 102 valence electrons. The van der Waals surface area contributed by atoms with Gasteiger partial charge in [0.2, 0.25) is 0 Å². The van der Waals surface area contributed by atoms with Gasteiger partial charge in [0.15, 0.2) is 5.65 Å². The fourth-order valence-corrected chi connectivity index (χ4v) is 2.53. The topological polar surface area (TPSA) is 96.9 Å². The highest BCUT2D eigenvalue weighted by molar-refractivity contribution is 5.77. The Balaban J connectivity index is 1.81. The van der Waals surface area contributed by atoms with Crippen molar-refractivity contribution < 1.29 is 0 Å². The summed E-state index contributed by atoms with van der Waals surface area (Å²) in [5.41, 5.74) is 9.80. The van der Waals surface area contributed by atoms with Crippen molar-refractivity contribution in [1.82, 2.24) is 30.1 Å². The molecule has 0 bridgehead atoms. The van der Waals surface area contributed by atoms with Gasteiger partial charge in [-0.15, -0.1) is 0 Å². The molecular weight excluding hydrogens is 254 g/mol. The third kappa shape index (κ3) is 1.75. The van der Waals surface area contributed by atoms with E-state index in [9.17, 15) is 0 Å². The second-order valence-corrected chi connectivity index (χ2v) is 5.18. The summed E-state index contributed by atoms with van der Waals surface area (Å²) in [5.74, 6) is 1.27. The Bertz CT molecular complexity index is 740. The molecule has 3 aromatic rings. The number of nitrogens with one attached hydrogen (secondary N) is 2. The molecule has 7 heteroatoms. The van der Waals surface area contributed by atoms with E-state index in [0.717, 1.165) is 42.0 Å². The number of aromatic nitrogens is 5. The van der Waals surface area contributed by atoms with Gasteiger partial charge >= 0.3 is 0 Å². The Morgan fingerprint density at radius 3 is 2.95 bits per heavy atom. The van der Waals surface area contributed by atoms with E-state index < -0.39 is 0 Å². The van der Waals surface area contributed by atoms with Gasteiger partial charge in [0.1, 0.15) is 5.82 Å². The quantitative estimate of drug-likeness (QED) is 0.642. The molecule has 4 rings (SSSR count). The minimum absolute atomic E-state index is 0.618. The first-order valence-corrected chi connectivity index (χ1v) is 6.64. The van der Waals surface area contributed by atoms with Gasteiger partial charge in [-0.3, -0.25) is 5.10 Å². The van der Waals surface area contributed by atoms with Crippen LogP contribution in [0.25, 0.3) is 16.8 Å². The first-order valence-electron chi connectivity index (χ1n) is 6.64. The zero-order chi connectivity index (χ0) is 13.5. The van der Waals surface area contributed by atoms with E-state index in [2.05, 4.69) is 20.6 Å². The number of aromatic amines is 1. The number of rotatable bonds is 3. The Kier molecular flexibility index (Phi) is 2.46. The van der Waals surface area contributed by atoms with E-state index >= 15 is 0 Å². The summed E-state index contributed by atoms with van der Waals surface area (Å²) in [6.07, 6.45) is 6.32. The van der Waals surface area contributed by atoms with Gasteiger partial charge in [0.05, 0.1) is 12.4 Å². The van der Waals surface area contributed by atoms with Gasteiger partial charge < -0.3 is 11.1 Å². The molecule has 0 amide bonds. The largest absolute Gasteiger partial charge is 0.384 e. The van der Waals surface area contributed by atoms with Crippen molar-refractivity contribution in [3.63, 3.8) is 0 Å². The number of anilines is 1. The molecule has 0 atom stereocenters. The lowest BCUT2D eigenvalue weighted by molar-refractivity contribution is 0.344. The van der Waals surface area contributed by atoms with Crippen LogP contribution in [0.3, 0.4) is 0 Å². The standard InChI is InChI=1S/C13H15N7/c14-12-2-10(1-8-3-15-4-8)19-13-11(7-18-20(12)13)9-5-16-17-6-9/h2,5-8,15H,1,3-4,14H2,(H,16,17). The van der Waals surface area contributed by atoms with E-state index in [4.69, 9.17) is 10.7 Å². The van der Waals surface area contributed by atoms with Crippen molar-refractivity contribution in [3.05, 3.63) is 30.4 Å². The summed E-state index contributed by atoms with van der Waals surface area (Å²) in [7, 11) is 0. The lowest BCUT2D eigenvalue weighted by atomic mass is 9.97. The highest BCUT2D eigenvalue weighted by Gasteiger charge is 2.19. The molecule has 1 aliphatic heterocycles. The third-order valence-electron chi connectivity index (χ3n) is 3.73. The Morgan fingerprint density at radius 1 is 1.35 bits per heavy atom. The molecule has 0 aliphatic carbocycles. The van der Waals surface area contributed by atoms with Gasteiger partial charge in [-0.25, -0.2) is 4.98 Å². The van der Waals surface area contributed by atoms with Gasteiger partial charge in [0.25, 0.3) is 0 Å². The zero-order valence-electron chi connectivity index (χ0n) is 10.9. The highest BCUT2D eigenvalue weighted by atomic mass is 15.3. The van der Waals surface area contributed by atoms with Crippen LogP contribution in [0, 0.1) is 5.92 Å². The molecule has 0 unspecified atom stereocenters. The van der Waals surface area contributed by atoms with Crippen molar-refractivity contribution >= 4 is 11.5 Å². The maximum absolute atomic E-state index is 6.08. The SMILES string of the molecule is Nc1cc(CC2CNC2)nc2c(-c3cn[nH]c3)cnn12. The molecule has 1 fully saturated rings. The average Bonchev–Trinajstić information content (AvgIpc) is 3.01. The van der Waals surface area contributed by atoms with Crippen LogP contribution in [0.5, 0.6) is 0 Å². The minimum Gasteiger partial charge on any atom is -0.384 e. The summed E-state index contributed by atoms with van der Waals surface area (Å²) in [5, 5.41) is 14.4. The molecule has 0 saturated carbocycles. The molecule has 7 nitrogen and oxygen atoms in total. The molecular formula is C13H15N7. The number of hydrogen-bond acceptors (Lipinski definition) is 5. The van der Waals surface area contributed by atoms with Crippen molar-refractivity contribution in [2.24, 2.45) is 5.92 Å². The van der Waals surface area contributed by atoms with Crippen molar-refractivity contribution in [2.45, 2.75) is 6.42 Å². The predicted molar refractivity (Wildman–Crippen MR) is 75.0 cm³/mol. The van der Waals surface area contributed by atoms with Crippen molar-refractivity contribution in [2.75, 3.05) is 18.8 Å². The molecule has 1 aliphatic rings. The van der Waals surface area contributed by atoms with Gasteiger partial charge in [0, 0.05) is 29.1 Å². The second-order valence-electron chi connectivity index (χ2n) is 5.18. The van der Waals surface area contributed by atoms with Crippen LogP contribution in [-0.4, -0.2) is 37.9 Å². The van der Waals surface area contributed by atoms with Crippen LogP contribution >= 0.6 is 0 Å². The molecule has 0 radical (unpaired) electrons. The lowest BCUT2D eigenvalue weighted by Gasteiger charge is -2.26. The van der Waals surface area contributed by atoms with Crippen LogP contribution in [0.4, 0.5) is 5.82 Å². The first-order chi connectivity index (χ1) is 9.81. The van der Waals surface area contributed by atoms with Gasteiger partial charge in [-0.1, -0.05) is 0 Å². The summed E-state index contributed by atoms with van der Waals surface area (Å²) in [6, 6.07) is 1.91. The Hall–Kier alpha value is -2.41. The van der Waals surface area contributed by atoms with E-state index in [1.165, 1.54) is 0 Å². The van der Waals surface area contributed by atoms with Gasteiger partial charge in [-0.05, 0) is 25.4 Å². The summed E-state index contributed by atoms with van der Waals surface area (Å²) in [6.45, 7) is 2.11. The number of nitrogen functional groups attached to an aromatic ring is 1. The average molecular weight is 269 g/mol. The van der Waals surface area contributed by atoms with Crippen LogP contribution in [0.2, 0.25) is 0 Å². The summed E-state index contributed by atoms with van der Waals surface area (Å²) < 4.78 is 1.67. The number of H-pyrrole nitrogens is 1. The summed E-state index contributed by atoms with van der Waals surface area (Å²) in [4.78, 5) is 4.72. The molecule has 20 heavy (non-hydrogen) atoms. The fraction of sp³-hybridized carbons (Fsp3) is 0.308. The molecule has 1 saturated heterocycles. The smallest absolute Gasteiger partial charge is 0.165 e. The number of nitrogens with two attached hydrogens (primary N) is 1. The molecule has 0 aromatic carbocycles.